The fourth-order valence-electron chi connectivity index (χ4n) is 3.17. The minimum absolute atomic E-state index is 0.134. The molecule has 3 atom stereocenters. The van der Waals surface area contributed by atoms with Crippen LogP contribution in [0.25, 0.3) is 0 Å². The Bertz CT molecular complexity index is 573. The Labute approximate surface area is 133 Å². The van der Waals surface area contributed by atoms with Crippen molar-refractivity contribution in [2.24, 2.45) is 13.0 Å². The van der Waals surface area contributed by atoms with Gasteiger partial charge in [0.2, 0.25) is 11.5 Å². The van der Waals surface area contributed by atoms with Crippen LogP contribution in [0.4, 0.5) is 13.2 Å². The Kier molecular flexibility index (Phi) is 4.75. The number of aliphatic hydroxyl groups is 1. The average molecular weight is 333 g/mol. The van der Waals surface area contributed by atoms with E-state index in [0.29, 0.717) is 12.5 Å². The summed E-state index contributed by atoms with van der Waals surface area (Å²) in [6, 6.07) is -0.134. The Morgan fingerprint density at radius 2 is 2.09 bits per heavy atom. The van der Waals surface area contributed by atoms with E-state index in [-0.39, 0.29) is 6.04 Å². The van der Waals surface area contributed by atoms with Gasteiger partial charge in [0.1, 0.15) is 0 Å². The van der Waals surface area contributed by atoms with Gasteiger partial charge in [-0.2, -0.15) is 13.2 Å². The Morgan fingerprint density at radius 3 is 2.57 bits per heavy atom. The van der Waals surface area contributed by atoms with Gasteiger partial charge in [0.25, 0.3) is 0 Å². The van der Waals surface area contributed by atoms with Gasteiger partial charge in [-0.1, -0.05) is 6.92 Å². The van der Waals surface area contributed by atoms with E-state index in [9.17, 15) is 23.1 Å². The summed E-state index contributed by atoms with van der Waals surface area (Å²) in [5, 5.41) is 10.3. The summed E-state index contributed by atoms with van der Waals surface area (Å²) in [5.74, 6) is -0.839. The predicted octanol–water partition coefficient (Wildman–Crippen LogP) is 2.21. The molecule has 8 heteroatoms. The van der Waals surface area contributed by atoms with Gasteiger partial charge in [-0.25, -0.2) is 4.98 Å². The number of alkyl halides is 3. The van der Waals surface area contributed by atoms with E-state index in [1.54, 1.807) is 0 Å². The molecule has 0 aliphatic carbocycles. The lowest BCUT2D eigenvalue weighted by molar-refractivity contribution is -0.272. The number of hydrogen-bond acceptors (Lipinski definition) is 3. The lowest BCUT2D eigenvalue weighted by Crippen LogP contribution is -2.51. The van der Waals surface area contributed by atoms with Gasteiger partial charge < -0.3 is 14.6 Å². The smallest absolute Gasteiger partial charge is 0.374 e. The first-order valence-electron chi connectivity index (χ1n) is 7.62. The minimum atomic E-state index is -4.99. The van der Waals surface area contributed by atoms with Crippen molar-refractivity contribution in [3.8, 4) is 0 Å². The molecule has 1 aliphatic rings. The molecule has 2 heterocycles. The molecule has 1 aromatic rings. The van der Waals surface area contributed by atoms with Crippen molar-refractivity contribution in [2.75, 3.05) is 6.54 Å². The van der Waals surface area contributed by atoms with Crippen molar-refractivity contribution < 1.29 is 23.1 Å². The largest absolute Gasteiger partial charge is 0.425 e. The summed E-state index contributed by atoms with van der Waals surface area (Å²) in [7, 11) is 1.36. The third-order valence-electron chi connectivity index (χ3n) is 4.53. The fourth-order valence-corrected chi connectivity index (χ4v) is 3.17. The van der Waals surface area contributed by atoms with Crippen molar-refractivity contribution in [3.05, 3.63) is 18.2 Å². The van der Waals surface area contributed by atoms with Crippen LogP contribution in [-0.4, -0.2) is 44.2 Å². The SMILES string of the molecule is CC1CCN(C(=O)CC(O)(c2nccn2C)C(F)(F)F)C(C)C1. The number of hydrogen-bond donors (Lipinski definition) is 1. The van der Waals surface area contributed by atoms with Gasteiger partial charge in [0.15, 0.2) is 5.82 Å². The highest BCUT2D eigenvalue weighted by Gasteiger charge is 2.59. The number of nitrogens with zero attached hydrogens (tertiary/aromatic N) is 3. The highest BCUT2D eigenvalue weighted by atomic mass is 19.4. The maximum Gasteiger partial charge on any atom is 0.425 e. The predicted molar refractivity (Wildman–Crippen MR) is 77.3 cm³/mol. The molecule has 1 fully saturated rings. The van der Waals surface area contributed by atoms with Crippen molar-refractivity contribution in [3.63, 3.8) is 0 Å². The molecule has 1 N–H and O–H groups in total. The van der Waals surface area contributed by atoms with Crippen molar-refractivity contribution in [1.29, 1.82) is 0 Å². The maximum absolute atomic E-state index is 13.5. The van der Waals surface area contributed by atoms with Crippen LogP contribution in [0.3, 0.4) is 0 Å². The Morgan fingerprint density at radius 1 is 1.43 bits per heavy atom. The summed E-state index contributed by atoms with van der Waals surface area (Å²) >= 11 is 0. The standard InChI is InChI=1S/C15H22F3N3O2/c1-10-4-6-21(11(2)8-10)12(22)9-14(23,15(16,17)18)13-19-5-7-20(13)3/h5,7,10-11,23H,4,6,8-9H2,1-3H3. The molecule has 5 nitrogen and oxygen atoms in total. The number of imidazole rings is 1. The van der Waals surface area contributed by atoms with Gasteiger partial charge in [-0.15, -0.1) is 0 Å². The van der Waals surface area contributed by atoms with E-state index in [1.165, 1.54) is 24.3 Å². The first-order chi connectivity index (χ1) is 10.6. The number of likely N-dealkylation sites (tertiary alicyclic amines) is 1. The van der Waals surface area contributed by atoms with Crippen LogP contribution >= 0.6 is 0 Å². The number of carbonyl (C=O) groups excluding carboxylic acids is 1. The van der Waals surface area contributed by atoms with Gasteiger partial charge in [0, 0.05) is 32.0 Å². The van der Waals surface area contributed by atoms with Crippen molar-refractivity contribution in [1.82, 2.24) is 14.5 Å². The van der Waals surface area contributed by atoms with Crippen LogP contribution in [0.15, 0.2) is 12.4 Å². The molecule has 1 aliphatic heterocycles. The molecule has 3 unspecified atom stereocenters. The van der Waals surface area contributed by atoms with Crippen LogP contribution in [0.2, 0.25) is 0 Å². The third-order valence-corrected chi connectivity index (χ3v) is 4.53. The molecule has 0 saturated carbocycles. The van der Waals surface area contributed by atoms with Crippen molar-refractivity contribution in [2.45, 2.75) is 50.9 Å². The molecule has 0 spiro atoms. The zero-order chi connectivity index (χ0) is 17.4. The van der Waals surface area contributed by atoms with Crippen LogP contribution in [0.5, 0.6) is 0 Å². The number of amides is 1. The average Bonchev–Trinajstić information content (AvgIpc) is 2.83. The number of aryl methyl sites for hydroxylation is 1. The molecule has 130 valence electrons. The highest BCUT2D eigenvalue weighted by molar-refractivity contribution is 5.78. The normalized spacial score (nSPS) is 25.3. The molecule has 23 heavy (non-hydrogen) atoms. The van der Waals surface area contributed by atoms with E-state index in [0.717, 1.165) is 17.4 Å². The summed E-state index contributed by atoms with van der Waals surface area (Å²) in [5.41, 5.74) is -3.29. The summed E-state index contributed by atoms with van der Waals surface area (Å²) < 4.78 is 41.5. The first kappa shape index (κ1) is 17.8. The van der Waals surface area contributed by atoms with Crippen LogP contribution in [0.1, 0.15) is 38.9 Å². The second kappa shape index (κ2) is 6.14. The molecule has 0 aromatic carbocycles. The third kappa shape index (κ3) is 3.36. The highest BCUT2D eigenvalue weighted by Crippen LogP contribution is 2.41. The molecule has 0 bridgehead atoms. The fraction of sp³-hybridized carbons (Fsp3) is 0.733. The van der Waals surface area contributed by atoms with Crippen molar-refractivity contribution >= 4 is 5.91 Å². The van der Waals surface area contributed by atoms with Crippen LogP contribution in [-0.2, 0) is 17.4 Å². The summed E-state index contributed by atoms with van der Waals surface area (Å²) in [6.45, 7) is 4.29. The molecule has 1 amide bonds. The van der Waals surface area contributed by atoms with E-state index in [4.69, 9.17) is 0 Å². The van der Waals surface area contributed by atoms with Gasteiger partial charge in [-0.3, -0.25) is 4.79 Å². The van der Waals surface area contributed by atoms with Gasteiger partial charge >= 0.3 is 6.18 Å². The second-order valence-corrected chi connectivity index (χ2v) is 6.46. The number of halogens is 3. The summed E-state index contributed by atoms with van der Waals surface area (Å²) in [4.78, 5) is 17.4. The van der Waals surface area contributed by atoms with E-state index in [2.05, 4.69) is 11.9 Å². The zero-order valence-electron chi connectivity index (χ0n) is 13.5. The number of aromatic nitrogens is 2. The lowest BCUT2D eigenvalue weighted by atomic mass is 9.91. The molecular formula is C15H22F3N3O2. The van der Waals surface area contributed by atoms with Crippen LogP contribution in [0, 0.1) is 5.92 Å². The molecule has 2 rings (SSSR count). The minimum Gasteiger partial charge on any atom is -0.374 e. The quantitative estimate of drug-likeness (QED) is 0.923. The topological polar surface area (TPSA) is 58.4 Å². The van der Waals surface area contributed by atoms with Gasteiger partial charge in [-0.05, 0) is 25.7 Å². The zero-order valence-corrected chi connectivity index (χ0v) is 13.5. The Hall–Kier alpha value is -1.57. The monoisotopic (exact) mass is 333 g/mol. The Balaban J connectivity index is 2.26. The van der Waals surface area contributed by atoms with E-state index < -0.39 is 29.9 Å². The summed E-state index contributed by atoms with van der Waals surface area (Å²) in [6.07, 6.45) is -2.07. The van der Waals surface area contributed by atoms with E-state index >= 15 is 0 Å². The lowest BCUT2D eigenvalue weighted by Gasteiger charge is -2.38. The number of carbonyl (C=O) groups is 1. The number of piperidine rings is 1. The van der Waals surface area contributed by atoms with Crippen LogP contribution < -0.4 is 0 Å². The maximum atomic E-state index is 13.5. The molecule has 1 aromatic heterocycles. The molecular weight excluding hydrogens is 311 g/mol. The molecule has 0 radical (unpaired) electrons. The number of rotatable bonds is 3. The molecule has 1 saturated heterocycles. The van der Waals surface area contributed by atoms with Gasteiger partial charge in [0.05, 0.1) is 6.42 Å². The van der Waals surface area contributed by atoms with E-state index in [1.807, 2.05) is 6.92 Å². The first-order valence-corrected chi connectivity index (χ1v) is 7.62. The second-order valence-electron chi connectivity index (χ2n) is 6.46.